The number of fused-ring (bicyclic) bond motifs is 1. The topological polar surface area (TPSA) is 74.7 Å². The van der Waals surface area contributed by atoms with Gasteiger partial charge >= 0.3 is 5.97 Å². The maximum atomic E-state index is 13.9. The lowest BCUT2D eigenvalue weighted by Gasteiger charge is -2.20. The van der Waals surface area contributed by atoms with E-state index in [2.05, 4.69) is 0 Å². The molecule has 23 heavy (non-hydrogen) atoms. The summed E-state index contributed by atoms with van der Waals surface area (Å²) < 4.78 is 53.4. The number of sulfonamides is 1. The van der Waals surface area contributed by atoms with E-state index in [9.17, 15) is 27.1 Å². The third-order valence-electron chi connectivity index (χ3n) is 3.71. The smallest absolute Gasteiger partial charge is 0.312 e. The van der Waals surface area contributed by atoms with Crippen molar-refractivity contribution in [2.75, 3.05) is 10.8 Å². The quantitative estimate of drug-likeness (QED) is 0.931. The maximum Gasteiger partial charge on any atom is 0.312 e. The molecular formula is C15H11F2NO4S. The van der Waals surface area contributed by atoms with Crippen molar-refractivity contribution in [3.05, 3.63) is 59.7 Å². The molecule has 0 saturated heterocycles. The average Bonchev–Trinajstić information content (AvgIpc) is 2.90. The van der Waals surface area contributed by atoms with Gasteiger partial charge in [-0.3, -0.25) is 9.10 Å². The van der Waals surface area contributed by atoms with Gasteiger partial charge in [0, 0.05) is 0 Å². The number of benzene rings is 2. The number of carboxylic acid groups (broad SMARTS) is 1. The molecule has 1 heterocycles. The summed E-state index contributed by atoms with van der Waals surface area (Å²) in [4.78, 5) is 10.5. The molecule has 120 valence electrons. The van der Waals surface area contributed by atoms with Crippen molar-refractivity contribution >= 4 is 21.7 Å². The number of carboxylic acids is 1. The van der Waals surface area contributed by atoms with Crippen molar-refractivity contribution in [1.82, 2.24) is 0 Å². The van der Waals surface area contributed by atoms with E-state index in [0.29, 0.717) is 5.56 Å². The molecule has 1 unspecified atom stereocenters. The number of carbonyl (C=O) groups is 1. The Morgan fingerprint density at radius 3 is 2.52 bits per heavy atom. The number of nitrogens with zero attached hydrogens (tertiary/aromatic N) is 1. The fourth-order valence-corrected chi connectivity index (χ4v) is 4.19. The van der Waals surface area contributed by atoms with Crippen LogP contribution in [-0.2, 0) is 14.8 Å². The van der Waals surface area contributed by atoms with Crippen molar-refractivity contribution in [3.63, 3.8) is 0 Å². The largest absolute Gasteiger partial charge is 0.481 e. The first kappa shape index (κ1) is 15.4. The van der Waals surface area contributed by atoms with Crippen LogP contribution in [0.15, 0.2) is 47.4 Å². The van der Waals surface area contributed by atoms with Crippen LogP contribution >= 0.6 is 0 Å². The molecule has 0 radical (unpaired) electrons. The van der Waals surface area contributed by atoms with Crippen molar-refractivity contribution in [1.29, 1.82) is 0 Å². The number of aliphatic carboxylic acids is 1. The van der Waals surface area contributed by atoms with Crippen LogP contribution in [0.2, 0.25) is 0 Å². The highest BCUT2D eigenvalue weighted by Crippen LogP contribution is 2.40. The summed E-state index contributed by atoms with van der Waals surface area (Å²) in [5.41, 5.74) is 0.476. The zero-order valence-electron chi connectivity index (χ0n) is 11.6. The molecule has 1 aliphatic heterocycles. The second-order valence-electron chi connectivity index (χ2n) is 5.04. The Kier molecular flexibility index (Phi) is 3.56. The monoisotopic (exact) mass is 339 g/mol. The molecule has 3 rings (SSSR count). The maximum absolute atomic E-state index is 13.9. The van der Waals surface area contributed by atoms with Crippen LogP contribution in [0.3, 0.4) is 0 Å². The second-order valence-corrected chi connectivity index (χ2v) is 6.87. The van der Waals surface area contributed by atoms with E-state index in [1.54, 1.807) is 12.1 Å². The molecule has 0 bridgehead atoms. The number of rotatable bonds is 3. The highest BCUT2D eigenvalue weighted by Gasteiger charge is 2.40. The summed E-state index contributed by atoms with van der Waals surface area (Å²) >= 11 is 0. The van der Waals surface area contributed by atoms with Gasteiger partial charge in [-0.05, 0) is 23.8 Å². The van der Waals surface area contributed by atoms with E-state index in [4.69, 9.17) is 0 Å². The van der Waals surface area contributed by atoms with Gasteiger partial charge in [0.15, 0.2) is 11.6 Å². The highest BCUT2D eigenvalue weighted by atomic mass is 32.2. The summed E-state index contributed by atoms with van der Waals surface area (Å²) in [5, 5.41) is 9.26. The lowest BCUT2D eigenvalue weighted by Crippen LogP contribution is -2.32. The Morgan fingerprint density at radius 2 is 1.83 bits per heavy atom. The second kappa shape index (κ2) is 5.31. The van der Waals surface area contributed by atoms with Crippen molar-refractivity contribution in [2.45, 2.75) is 10.8 Å². The van der Waals surface area contributed by atoms with E-state index >= 15 is 0 Å². The minimum Gasteiger partial charge on any atom is -0.481 e. The summed E-state index contributed by atoms with van der Waals surface area (Å²) in [6.07, 6.45) is 0. The first-order chi connectivity index (χ1) is 10.8. The van der Waals surface area contributed by atoms with Crippen LogP contribution in [0.5, 0.6) is 0 Å². The zero-order valence-corrected chi connectivity index (χ0v) is 12.4. The summed E-state index contributed by atoms with van der Waals surface area (Å²) in [5.74, 6) is -5.01. The van der Waals surface area contributed by atoms with Crippen LogP contribution in [0.1, 0.15) is 11.5 Å². The molecule has 0 saturated carbocycles. The van der Waals surface area contributed by atoms with Gasteiger partial charge in [-0.2, -0.15) is 0 Å². The third-order valence-corrected chi connectivity index (χ3v) is 5.51. The molecule has 0 spiro atoms. The predicted molar refractivity (Wildman–Crippen MR) is 77.7 cm³/mol. The van der Waals surface area contributed by atoms with Crippen LogP contribution < -0.4 is 4.31 Å². The van der Waals surface area contributed by atoms with Crippen LogP contribution in [0.4, 0.5) is 14.5 Å². The van der Waals surface area contributed by atoms with Crippen LogP contribution in [0.25, 0.3) is 0 Å². The van der Waals surface area contributed by atoms with Gasteiger partial charge in [-0.1, -0.05) is 24.3 Å². The molecule has 0 fully saturated rings. The fourth-order valence-electron chi connectivity index (χ4n) is 2.61. The Hall–Kier alpha value is -2.48. The lowest BCUT2D eigenvalue weighted by molar-refractivity contribution is -0.138. The number of hydrogen-bond donors (Lipinski definition) is 1. The molecule has 2 aromatic carbocycles. The van der Waals surface area contributed by atoms with Gasteiger partial charge in [0.25, 0.3) is 10.0 Å². The summed E-state index contributed by atoms with van der Waals surface area (Å²) in [6.45, 7) is -0.368. The van der Waals surface area contributed by atoms with Crippen molar-refractivity contribution in [3.8, 4) is 0 Å². The van der Waals surface area contributed by atoms with Gasteiger partial charge in [0.1, 0.15) is 10.8 Å². The third kappa shape index (κ3) is 2.35. The minimum atomic E-state index is -4.42. The van der Waals surface area contributed by atoms with Gasteiger partial charge in [0.2, 0.25) is 0 Å². The Labute approximate surface area is 130 Å². The van der Waals surface area contributed by atoms with Gasteiger partial charge < -0.3 is 5.11 Å². The van der Waals surface area contributed by atoms with Crippen LogP contribution in [-0.4, -0.2) is 26.0 Å². The predicted octanol–water partition coefficient (Wildman–Crippen LogP) is 2.34. The molecule has 5 nitrogen and oxygen atoms in total. The van der Waals surface area contributed by atoms with E-state index in [1.807, 2.05) is 0 Å². The van der Waals surface area contributed by atoms with Crippen molar-refractivity contribution < 1.29 is 27.1 Å². The first-order valence-electron chi connectivity index (χ1n) is 6.62. The SMILES string of the molecule is O=C(O)C1CN(S(=O)(=O)c2cccc(F)c2F)c2ccccc21. The standard InChI is InChI=1S/C15H11F2NO4S/c16-11-5-3-7-13(14(11)17)23(21,22)18-8-10(15(19)20)9-4-1-2-6-12(9)18/h1-7,10H,8H2,(H,19,20). The number of hydrogen-bond acceptors (Lipinski definition) is 3. The minimum absolute atomic E-state index is 0.156. The fraction of sp³-hybridized carbons (Fsp3) is 0.133. The normalized spacial score (nSPS) is 17.1. The number of halogens is 2. The molecule has 1 N–H and O–H groups in total. The number of anilines is 1. The first-order valence-corrected chi connectivity index (χ1v) is 8.06. The Bertz CT molecular complexity index is 898. The average molecular weight is 339 g/mol. The van der Waals surface area contributed by atoms with Crippen molar-refractivity contribution in [2.24, 2.45) is 0 Å². The molecule has 0 amide bonds. The molecule has 1 aliphatic rings. The van der Waals surface area contributed by atoms with E-state index in [-0.39, 0.29) is 12.2 Å². The zero-order chi connectivity index (χ0) is 16.8. The molecular weight excluding hydrogens is 328 g/mol. The molecule has 0 aliphatic carbocycles. The Morgan fingerprint density at radius 1 is 1.13 bits per heavy atom. The van der Waals surface area contributed by atoms with E-state index < -0.39 is 38.4 Å². The highest BCUT2D eigenvalue weighted by molar-refractivity contribution is 7.92. The Balaban J connectivity index is 2.15. The number of para-hydroxylation sites is 1. The molecule has 2 aromatic rings. The van der Waals surface area contributed by atoms with Gasteiger partial charge in [0.05, 0.1) is 12.2 Å². The molecule has 8 heteroatoms. The van der Waals surface area contributed by atoms with Crippen LogP contribution in [0, 0.1) is 11.6 Å². The summed E-state index contributed by atoms with van der Waals surface area (Å²) in [6, 6.07) is 8.93. The van der Waals surface area contributed by atoms with E-state index in [0.717, 1.165) is 22.5 Å². The van der Waals surface area contributed by atoms with Gasteiger partial charge in [-0.15, -0.1) is 0 Å². The lowest BCUT2D eigenvalue weighted by atomic mass is 10.0. The molecule has 1 atom stereocenters. The molecule has 0 aromatic heterocycles. The summed E-state index contributed by atoms with van der Waals surface area (Å²) in [7, 11) is -4.42. The van der Waals surface area contributed by atoms with E-state index in [1.165, 1.54) is 12.1 Å². The van der Waals surface area contributed by atoms with Gasteiger partial charge in [-0.25, -0.2) is 17.2 Å².